The van der Waals surface area contributed by atoms with Gasteiger partial charge in [0, 0.05) is 31.7 Å². The number of ether oxygens (including phenoxy) is 1. The number of rotatable bonds is 7. The lowest BCUT2D eigenvalue weighted by molar-refractivity contribution is -0.137. The van der Waals surface area contributed by atoms with Crippen LogP contribution in [0.5, 0.6) is 0 Å². The van der Waals surface area contributed by atoms with Crippen LogP contribution in [-0.4, -0.2) is 42.5 Å². The molecule has 186 valence electrons. The minimum atomic E-state index is -4.48. The quantitative estimate of drug-likeness (QED) is 0.477. The highest BCUT2D eigenvalue weighted by atomic mass is 19.4. The Kier molecular flexibility index (Phi) is 6.97. The van der Waals surface area contributed by atoms with Gasteiger partial charge in [0.2, 0.25) is 17.7 Å². The smallest absolute Gasteiger partial charge is 0.378 e. The molecule has 3 amide bonds. The zero-order chi connectivity index (χ0) is 25.1. The Morgan fingerprint density at radius 1 is 1.11 bits per heavy atom. The summed E-state index contributed by atoms with van der Waals surface area (Å²) in [6, 6.07) is 11.1. The first-order chi connectivity index (χ1) is 16.7. The zero-order valence-electron chi connectivity index (χ0n) is 18.7. The molecule has 0 radical (unpaired) electrons. The SMILES string of the molecule is O=C1CCC(C(=O)NC2(C(=O)NCc3ccc(Nc4ccccc4C(F)(F)F)cc3)CCOC2)N1. The van der Waals surface area contributed by atoms with E-state index in [1.807, 2.05) is 0 Å². The molecule has 2 aromatic carbocycles. The molecule has 0 saturated carbocycles. The molecule has 2 fully saturated rings. The molecule has 2 atom stereocenters. The predicted molar refractivity (Wildman–Crippen MR) is 120 cm³/mol. The summed E-state index contributed by atoms with van der Waals surface area (Å²) in [7, 11) is 0. The van der Waals surface area contributed by atoms with Gasteiger partial charge in [0.15, 0.2) is 0 Å². The van der Waals surface area contributed by atoms with Crippen molar-refractivity contribution >= 4 is 29.1 Å². The lowest BCUT2D eigenvalue weighted by Gasteiger charge is -2.29. The number of alkyl halides is 3. The summed E-state index contributed by atoms with van der Waals surface area (Å²) in [6.45, 7) is 0.479. The van der Waals surface area contributed by atoms with E-state index in [1.54, 1.807) is 24.3 Å². The first kappa shape index (κ1) is 24.5. The van der Waals surface area contributed by atoms with Gasteiger partial charge >= 0.3 is 6.18 Å². The van der Waals surface area contributed by atoms with Crippen LogP contribution in [-0.2, 0) is 31.8 Å². The van der Waals surface area contributed by atoms with E-state index in [2.05, 4.69) is 21.3 Å². The number of benzene rings is 2. The van der Waals surface area contributed by atoms with E-state index >= 15 is 0 Å². The Morgan fingerprint density at radius 2 is 1.86 bits per heavy atom. The fourth-order valence-electron chi connectivity index (χ4n) is 4.09. The summed E-state index contributed by atoms with van der Waals surface area (Å²) in [5, 5.41) is 10.9. The van der Waals surface area contributed by atoms with Crippen molar-refractivity contribution in [3.8, 4) is 0 Å². The summed E-state index contributed by atoms with van der Waals surface area (Å²) >= 11 is 0. The van der Waals surface area contributed by atoms with Gasteiger partial charge < -0.3 is 26.0 Å². The summed E-state index contributed by atoms with van der Waals surface area (Å²) in [6.07, 6.45) is -3.54. The topological polar surface area (TPSA) is 109 Å². The molecular weight excluding hydrogens is 465 g/mol. The molecule has 35 heavy (non-hydrogen) atoms. The van der Waals surface area contributed by atoms with Crippen LogP contribution in [0.15, 0.2) is 48.5 Å². The molecule has 0 aliphatic carbocycles. The molecule has 2 aromatic rings. The molecule has 0 spiro atoms. The van der Waals surface area contributed by atoms with Crippen LogP contribution >= 0.6 is 0 Å². The Hall–Kier alpha value is -3.60. The molecule has 2 aliphatic heterocycles. The number of para-hydroxylation sites is 1. The summed E-state index contributed by atoms with van der Waals surface area (Å²) in [4.78, 5) is 37.0. The van der Waals surface area contributed by atoms with Gasteiger partial charge in [-0.3, -0.25) is 14.4 Å². The maximum Gasteiger partial charge on any atom is 0.418 e. The predicted octanol–water partition coefficient (Wildman–Crippen LogP) is 2.62. The van der Waals surface area contributed by atoms with Crippen molar-refractivity contribution in [3.63, 3.8) is 0 Å². The molecule has 11 heteroatoms. The molecule has 0 bridgehead atoms. The largest absolute Gasteiger partial charge is 0.418 e. The van der Waals surface area contributed by atoms with Gasteiger partial charge in [-0.2, -0.15) is 13.2 Å². The Labute approximate surface area is 199 Å². The van der Waals surface area contributed by atoms with E-state index in [-0.39, 0.29) is 31.2 Å². The number of halogens is 3. The molecule has 2 heterocycles. The third kappa shape index (κ3) is 5.73. The maximum atomic E-state index is 13.2. The standard InChI is InChI=1S/C24H25F3N4O4/c25-24(26,27)17-3-1-2-4-18(17)29-16-7-5-15(6-8-16)13-28-22(34)23(11-12-35-14-23)31-21(33)19-9-10-20(32)30-19/h1-8,19,29H,9-14H2,(H,28,34)(H,30,32)(H,31,33). The average molecular weight is 490 g/mol. The van der Waals surface area contributed by atoms with Crippen LogP contribution < -0.4 is 21.3 Å². The molecule has 2 aliphatic rings. The van der Waals surface area contributed by atoms with Crippen LogP contribution in [0.1, 0.15) is 30.4 Å². The van der Waals surface area contributed by atoms with Crippen molar-refractivity contribution in [1.29, 1.82) is 0 Å². The van der Waals surface area contributed by atoms with Gasteiger partial charge in [0.1, 0.15) is 11.6 Å². The third-order valence-corrected chi connectivity index (χ3v) is 6.05. The fourth-order valence-corrected chi connectivity index (χ4v) is 4.09. The molecule has 4 rings (SSSR count). The highest BCUT2D eigenvalue weighted by Crippen LogP contribution is 2.35. The molecule has 4 N–H and O–H groups in total. The van der Waals surface area contributed by atoms with Gasteiger partial charge in [-0.1, -0.05) is 24.3 Å². The van der Waals surface area contributed by atoms with E-state index < -0.39 is 35.1 Å². The van der Waals surface area contributed by atoms with E-state index in [1.165, 1.54) is 18.2 Å². The number of anilines is 2. The maximum absolute atomic E-state index is 13.2. The normalized spacial score (nSPS) is 21.9. The molecule has 2 unspecified atom stereocenters. The average Bonchev–Trinajstić information content (AvgIpc) is 3.48. The second kappa shape index (κ2) is 9.95. The molecule has 2 saturated heterocycles. The lowest BCUT2D eigenvalue weighted by atomic mass is 9.96. The van der Waals surface area contributed by atoms with Crippen molar-refractivity contribution in [2.24, 2.45) is 0 Å². The van der Waals surface area contributed by atoms with Crippen LogP contribution in [0.3, 0.4) is 0 Å². The minimum absolute atomic E-state index is 0.0205. The zero-order valence-corrected chi connectivity index (χ0v) is 18.7. The molecule has 8 nitrogen and oxygen atoms in total. The minimum Gasteiger partial charge on any atom is -0.378 e. The van der Waals surface area contributed by atoms with E-state index in [0.29, 0.717) is 25.1 Å². The first-order valence-electron chi connectivity index (χ1n) is 11.2. The van der Waals surface area contributed by atoms with Crippen molar-refractivity contribution in [2.75, 3.05) is 18.5 Å². The Morgan fingerprint density at radius 3 is 2.49 bits per heavy atom. The van der Waals surface area contributed by atoms with Crippen molar-refractivity contribution in [3.05, 3.63) is 59.7 Å². The van der Waals surface area contributed by atoms with Gasteiger partial charge in [0.05, 0.1) is 17.9 Å². The molecule has 0 aromatic heterocycles. The van der Waals surface area contributed by atoms with Gasteiger partial charge in [-0.25, -0.2) is 0 Å². The van der Waals surface area contributed by atoms with Gasteiger partial charge in [0.25, 0.3) is 0 Å². The van der Waals surface area contributed by atoms with Crippen LogP contribution in [0.2, 0.25) is 0 Å². The number of hydrogen-bond acceptors (Lipinski definition) is 5. The lowest BCUT2D eigenvalue weighted by Crippen LogP contribution is -2.61. The fraction of sp³-hybridized carbons (Fsp3) is 0.375. The van der Waals surface area contributed by atoms with Crippen LogP contribution in [0.4, 0.5) is 24.5 Å². The molecular formula is C24H25F3N4O4. The van der Waals surface area contributed by atoms with E-state index in [4.69, 9.17) is 4.74 Å². The summed E-state index contributed by atoms with van der Waals surface area (Å²) in [5.74, 6) is -1.04. The van der Waals surface area contributed by atoms with Crippen molar-refractivity contribution in [1.82, 2.24) is 16.0 Å². The Bertz CT molecular complexity index is 1100. The van der Waals surface area contributed by atoms with Crippen LogP contribution in [0, 0.1) is 0 Å². The third-order valence-electron chi connectivity index (χ3n) is 6.05. The van der Waals surface area contributed by atoms with Gasteiger partial charge in [-0.15, -0.1) is 0 Å². The monoisotopic (exact) mass is 490 g/mol. The van der Waals surface area contributed by atoms with Gasteiger partial charge in [-0.05, 0) is 36.2 Å². The number of hydrogen-bond donors (Lipinski definition) is 4. The van der Waals surface area contributed by atoms with Crippen molar-refractivity contribution in [2.45, 2.75) is 43.6 Å². The second-order valence-corrected chi connectivity index (χ2v) is 8.58. The summed E-state index contributed by atoms with van der Waals surface area (Å²) < 4.78 is 45.0. The highest BCUT2D eigenvalue weighted by Gasteiger charge is 2.45. The summed E-state index contributed by atoms with van der Waals surface area (Å²) in [5.41, 5.74) is -0.870. The number of nitrogens with one attached hydrogen (secondary N) is 4. The highest BCUT2D eigenvalue weighted by molar-refractivity contribution is 5.96. The van der Waals surface area contributed by atoms with Crippen molar-refractivity contribution < 1.29 is 32.3 Å². The Balaban J connectivity index is 1.36. The first-order valence-corrected chi connectivity index (χ1v) is 11.2. The number of amides is 3. The van der Waals surface area contributed by atoms with E-state index in [0.717, 1.165) is 11.6 Å². The number of carbonyl (C=O) groups excluding carboxylic acids is 3. The second-order valence-electron chi connectivity index (χ2n) is 8.58. The number of carbonyl (C=O) groups is 3. The van der Waals surface area contributed by atoms with E-state index in [9.17, 15) is 27.6 Å². The van der Waals surface area contributed by atoms with Crippen LogP contribution in [0.25, 0.3) is 0 Å².